The average Bonchev–Trinajstić information content (AvgIpc) is 2.36. The van der Waals surface area contributed by atoms with Crippen LogP contribution in [0.1, 0.15) is 12.5 Å². The average molecular weight is 318 g/mol. The normalized spacial score (nSPS) is 12.3. The molecule has 5 heteroatoms. The number of rotatable bonds is 7. The van der Waals surface area contributed by atoms with E-state index in [1.807, 2.05) is 19.1 Å². The third-order valence-corrected chi connectivity index (χ3v) is 3.28. The first-order chi connectivity index (χ1) is 8.65. The molecule has 4 nitrogen and oxygen atoms in total. The van der Waals surface area contributed by atoms with E-state index in [-0.39, 0.29) is 12.5 Å². The van der Waals surface area contributed by atoms with Gasteiger partial charge in [-0.1, -0.05) is 0 Å². The van der Waals surface area contributed by atoms with Crippen molar-refractivity contribution in [3.63, 3.8) is 0 Å². The molecule has 102 valence electrons. The summed E-state index contributed by atoms with van der Waals surface area (Å²) in [5.41, 5.74) is 6.66. The van der Waals surface area contributed by atoms with Crippen LogP contribution in [0.15, 0.2) is 16.6 Å². The van der Waals surface area contributed by atoms with Crippen molar-refractivity contribution in [1.82, 2.24) is 0 Å². The third kappa shape index (κ3) is 3.86. The van der Waals surface area contributed by atoms with E-state index in [4.69, 9.17) is 15.2 Å². The van der Waals surface area contributed by atoms with Crippen molar-refractivity contribution in [2.24, 2.45) is 11.7 Å². The standard InChI is InChI=1S/C13H20BrNO3/c1-3-18-12-6-9(4-10(7-15)8-16)5-11(14)13(12)17-2/h5-6,10,16H,3-4,7-8,15H2,1-2H3. The second-order valence-corrected chi connectivity index (χ2v) is 4.88. The molecule has 0 amide bonds. The van der Waals surface area contributed by atoms with Gasteiger partial charge in [-0.05, 0) is 59.4 Å². The molecule has 0 radical (unpaired) electrons. The molecular weight excluding hydrogens is 298 g/mol. The van der Waals surface area contributed by atoms with E-state index in [0.717, 1.165) is 16.5 Å². The number of ether oxygens (including phenoxy) is 2. The lowest BCUT2D eigenvalue weighted by molar-refractivity contribution is 0.229. The Kier molecular flexibility index (Phi) is 6.46. The highest BCUT2D eigenvalue weighted by molar-refractivity contribution is 9.10. The van der Waals surface area contributed by atoms with Gasteiger partial charge in [0.15, 0.2) is 11.5 Å². The van der Waals surface area contributed by atoms with Crippen molar-refractivity contribution in [2.45, 2.75) is 13.3 Å². The molecule has 0 saturated heterocycles. The van der Waals surface area contributed by atoms with Crippen LogP contribution in [-0.4, -0.2) is 32.0 Å². The van der Waals surface area contributed by atoms with Crippen molar-refractivity contribution in [3.05, 3.63) is 22.2 Å². The molecule has 18 heavy (non-hydrogen) atoms. The quantitative estimate of drug-likeness (QED) is 0.807. The number of aliphatic hydroxyl groups excluding tert-OH is 1. The van der Waals surface area contributed by atoms with E-state index in [1.165, 1.54) is 0 Å². The van der Waals surface area contributed by atoms with Crippen LogP contribution >= 0.6 is 15.9 Å². The third-order valence-electron chi connectivity index (χ3n) is 2.69. The molecule has 0 saturated carbocycles. The second-order valence-electron chi connectivity index (χ2n) is 4.03. The minimum Gasteiger partial charge on any atom is -0.492 e. The summed E-state index contributed by atoms with van der Waals surface area (Å²) in [7, 11) is 1.61. The molecule has 1 aromatic carbocycles. The fourth-order valence-electron chi connectivity index (χ4n) is 1.76. The maximum Gasteiger partial charge on any atom is 0.174 e. The van der Waals surface area contributed by atoms with Crippen LogP contribution in [0.3, 0.4) is 0 Å². The van der Waals surface area contributed by atoms with Crippen molar-refractivity contribution in [1.29, 1.82) is 0 Å². The van der Waals surface area contributed by atoms with Gasteiger partial charge in [-0.15, -0.1) is 0 Å². The van der Waals surface area contributed by atoms with Gasteiger partial charge in [0.2, 0.25) is 0 Å². The van der Waals surface area contributed by atoms with Crippen molar-refractivity contribution in [2.75, 3.05) is 26.9 Å². The van der Waals surface area contributed by atoms with Gasteiger partial charge >= 0.3 is 0 Å². The Morgan fingerprint density at radius 2 is 2.17 bits per heavy atom. The van der Waals surface area contributed by atoms with Gasteiger partial charge in [0.1, 0.15) is 0 Å². The van der Waals surface area contributed by atoms with E-state index in [0.29, 0.717) is 24.7 Å². The number of aliphatic hydroxyl groups is 1. The summed E-state index contributed by atoms with van der Waals surface area (Å²) >= 11 is 3.46. The largest absolute Gasteiger partial charge is 0.492 e. The molecule has 0 spiro atoms. The fourth-order valence-corrected chi connectivity index (χ4v) is 2.41. The highest BCUT2D eigenvalue weighted by atomic mass is 79.9. The van der Waals surface area contributed by atoms with Crippen molar-refractivity contribution in [3.8, 4) is 11.5 Å². The first kappa shape index (κ1) is 15.3. The lowest BCUT2D eigenvalue weighted by Crippen LogP contribution is -2.20. The Labute approximate surface area is 116 Å². The van der Waals surface area contributed by atoms with E-state index in [2.05, 4.69) is 15.9 Å². The fraction of sp³-hybridized carbons (Fsp3) is 0.538. The van der Waals surface area contributed by atoms with Crippen LogP contribution in [0.25, 0.3) is 0 Å². The number of hydrogen-bond donors (Lipinski definition) is 2. The Morgan fingerprint density at radius 3 is 2.67 bits per heavy atom. The molecule has 1 unspecified atom stereocenters. The molecule has 0 fully saturated rings. The highest BCUT2D eigenvalue weighted by Gasteiger charge is 2.13. The molecule has 3 N–H and O–H groups in total. The molecule has 0 aliphatic carbocycles. The van der Waals surface area contributed by atoms with Gasteiger partial charge in [-0.2, -0.15) is 0 Å². The summed E-state index contributed by atoms with van der Waals surface area (Å²) in [5.74, 6) is 1.46. The summed E-state index contributed by atoms with van der Waals surface area (Å²) in [4.78, 5) is 0. The Hall–Kier alpha value is -0.780. The van der Waals surface area contributed by atoms with Crippen LogP contribution in [0.4, 0.5) is 0 Å². The molecule has 1 atom stereocenters. The van der Waals surface area contributed by atoms with Gasteiger partial charge in [0.25, 0.3) is 0 Å². The molecule has 0 aliphatic rings. The summed E-state index contributed by atoms with van der Waals surface area (Å²) in [5, 5.41) is 9.18. The summed E-state index contributed by atoms with van der Waals surface area (Å²) in [6.07, 6.45) is 0.718. The topological polar surface area (TPSA) is 64.7 Å². The monoisotopic (exact) mass is 317 g/mol. The van der Waals surface area contributed by atoms with Crippen LogP contribution in [-0.2, 0) is 6.42 Å². The highest BCUT2D eigenvalue weighted by Crippen LogP contribution is 2.37. The van der Waals surface area contributed by atoms with Crippen LogP contribution in [0.5, 0.6) is 11.5 Å². The molecule has 0 heterocycles. The van der Waals surface area contributed by atoms with Gasteiger partial charge in [-0.3, -0.25) is 0 Å². The van der Waals surface area contributed by atoms with Gasteiger partial charge in [-0.25, -0.2) is 0 Å². The van der Waals surface area contributed by atoms with Gasteiger partial charge in [0, 0.05) is 6.61 Å². The second kappa shape index (κ2) is 7.61. The molecule has 0 aromatic heterocycles. The molecule has 0 bridgehead atoms. The minimum atomic E-state index is 0.0692. The number of hydrogen-bond acceptors (Lipinski definition) is 4. The van der Waals surface area contributed by atoms with Crippen molar-refractivity contribution < 1.29 is 14.6 Å². The number of nitrogens with two attached hydrogens (primary N) is 1. The SMILES string of the molecule is CCOc1cc(CC(CN)CO)cc(Br)c1OC. The Bertz CT molecular complexity index is 381. The molecule has 1 rings (SSSR count). The first-order valence-corrected chi connectivity index (χ1v) is 6.75. The van der Waals surface area contributed by atoms with Crippen molar-refractivity contribution >= 4 is 15.9 Å². The van der Waals surface area contributed by atoms with E-state index >= 15 is 0 Å². The lowest BCUT2D eigenvalue weighted by atomic mass is 10.00. The first-order valence-electron chi connectivity index (χ1n) is 5.96. The molecule has 1 aromatic rings. The maximum atomic E-state index is 9.18. The number of halogens is 1. The summed E-state index contributed by atoms with van der Waals surface area (Å²) < 4.78 is 11.7. The smallest absolute Gasteiger partial charge is 0.174 e. The van der Waals surface area contributed by atoms with Crippen LogP contribution in [0.2, 0.25) is 0 Å². The summed E-state index contributed by atoms with van der Waals surface area (Å²) in [6, 6.07) is 3.91. The van der Waals surface area contributed by atoms with Gasteiger partial charge in [0.05, 0.1) is 18.2 Å². The predicted octanol–water partition coefficient (Wildman–Crippen LogP) is 1.97. The lowest BCUT2D eigenvalue weighted by Gasteiger charge is -2.16. The van der Waals surface area contributed by atoms with E-state index in [1.54, 1.807) is 7.11 Å². The Morgan fingerprint density at radius 1 is 1.44 bits per heavy atom. The minimum absolute atomic E-state index is 0.0692. The zero-order chi connectivity index (χ0) is 13.5. The van der Waals surface area contributed by atoms with Crippen LogP contribution in [0, 0.1) is 5.92 Å². The van der Waals surface area contributed by atoms with E-state index in [9.17, 15) is 5.11 Å². The zero-order valence-electron chi connectivity index (χ0n) is 10.8. The zero-order valence-corrected chi connectivity index (χ0v) is 12.4. The summed E-state index contributed by atoms with van der Waals surface area (Å²) in [6.45, 7) is 3.05. The number of benzene rings is 1. The molecule has 0 aliphatic heterocycles. The van der Waals surface area contributed by atoms with Gasteiger partial charge < -0.3 is 20.3 Å². The predicted molar refractivity (Wildman–Crippen MR) is 75.2 cm³/mol. The Balaban J connectivity index is 3.00. The number of methoxy groups -OCH3 is 1. The molecular formula is C13H20BrNO3. The maximum absolute atomic E-state index is 9.18. The van der Waals surface area contributed by atoms with Crippen LogP contribution < -0.4 is 15.2 Å². The van der Waals surface area contributed by atoms with E-state index < -0.39 is 0 Å².